The van der Waals surface area contributed by atoms with Gasteiger partial charge in [-0.1, -0.05) is 32.0 Å². The molecule has 1 aliphatic heterocycles. The lowest BCUT2D eigenvalue weighted by Gasteiger charge is -2.37. The lowest BCUT2D eigenvalue weighted by atomic mass is 9.86. The molecule has 23 heavy (non-hydrogen) atoms. The van der Waals surface area contributed by atoms with Gasteiger partial charge in [0.15, 0.2) is 0 Å². The Hall–Kier alpha value is -2.76. The standard InChI is InChI=1S/C17H17N3O3/c1-9(2)17(3,16(18)23)20-14(21)11-8-10-6-4-5-7-12(10)19-13(11)15(20)22/h4-9H,1-3H3,(H2,18,23). The number of carbonyl (C=O) groups excluding carboxylic acids is 3. The number of fused-ring (bicyclic) bond motifs is 2. The average molecular weight is 311 g/mol. The zero-order valence-corrected chi connectivity index (χ0v) is 13.2. The molecule has 0 bridgehead atoms. The lowest BCUT2D eigenvalue weighted by Crippen LogP contribution is -2.60. The molecule has 1 unspecified atom stereocenters. The molecule has 1 atom stereocenters. The molecule has 6 heteroatoms. The Kier molecular flexibility index (Phi) is 3.21. The molecule has 2 aromatic rings. The zero-order chi connectivity index (χ0) is 16.9. The predicted molar refractivity (Wildman–Crippen MR) is 84.7 cm³/mol. The van der Waals surface area contributed by atoms with Crippen LogP contribution < -0.4 is 5.73 Å². The lowest BCUT2D eigenvalue weighted by molar-refractivity contribution is -0.129. The van der Waals surface area contributed by atoms with Crippen molar-refractivity contribution in [3.05, 3.63) is 41.6 Å². The summed E-state index contributed by atoms with van der Waals surface area (Å²) in [6.07, 6.45) is 0. The third kappa shape index (κ3) is 1.94. The maximum absolute atomic E-state index is 12.8. The van der Waals surface area contributed by atoms with Gasteiger partial charge in [-0.05, 0) is 25.0 Å². The molecule has 6 nitrogen and oxygen atoms in total. The Bertz CT molecular complexity index is 805. The normalized spacial score (nSPS) is 16.8. The van der Waals surface area contributed by atoms with Crippen molar-refractivity contribution in [1.29, 1.82) is 0 Å². The number of para-hydroxylation sites is 1. The number of rotatable bonds is 3. The summed E-state index contributed by atoms with van der Waals surface area (Å²) in [6.45, 7) is 5.01. The maximum atomic E-state index is 12.8. The molecule has 3 amide bonds. The summed E-state index contributed by atoms with van der Waals surface area (Å²) >= 11 is 0. The Morgan fingerprint density at radius 2 is 1.87 bits per heavy atom. The van der Waals surface area contributed by atoms with Crippen LogP contribution in [0, 0.1) is 5.92 Å². The van der Waals surface area contributed by atoms with Gasteiger partial charge in [0.1, 0.15) is 11.2 Å². The number of aromatic nitrogens is 1. The highest BCUT2D eigenvalue weighted by Crippen LogP contribution is 2.34. The average Bonchev–Trinajstić information content (AvgIpc) is 2.75. The van der Waals surface area contributed by atoms with E-state index in [1.807, 2.05) is 18.2 Å². The first-order valence-corrected chi connectivity index (χ1v) is 7.37. The number of hydrogen-bond donors (Lipinski definition) is 1. The van der Waals surface area contributed by atoms with E-state index in [1.165, 1.54) is 6.92 Å². The van der Waals surface area contributed by atoms with Crippen molar-refractivity contribution in [3.8, 4) is 0 Å². The van der Waals surface area contributed by atoms with Crippen LogP contribution in [-0.2, 0) is 4.79 Å². The van der Waals surface area contributed by atoms with Gasteiger partial charge in [-0.15, -0.1) is 0 Å². The van der Waals surface area contributed by atoms with Crippen LogP contribution in [0.4, 0.5) is 0 Å². The van der Waals surface area contributed by atoms with Crippen LogP contribution in [0.1, 0.15) is 41.6 Å². The van der Waals surface area contributed by atoms with E-state index in [1.54, 1.807) is 26.0 Å². The van der Waals surface area contributed by atoms with E-state index in [4.69, 9.17) is 5.73 Å². The summed E-state index contributed by atoms with van der Waals surface area (Å²) in [5.41, 5.74) is 5.01. The molecule has 0 saturated carbocycles. The fourth-order valence-electron chi connectivity index (χ4n) is 2.84. The van der Waals surface area contributed by atoms with Gasteiger partial charge in [0, 0.05) is 5.39 Å². The topological polar surface area (TPSA) is 93.4 Å². The Morgan fingerprint density at radius 3 is 2.48 bits per heavy atom. The van der Waals surface area contributed by atoms with Crippen molar-refractivity contribution < 1.29 is 14.4 Å². The highest BCUT2D eigenvalue weighted by atomic mass is 16.2. The van der Waals surface area contributed by atoms with Gasteiger partial charge in [0.25, 0.3) is 11.8 Å². The molecule has 0 fully saturated rings. The summed E-state index contributed by atoms with van der Waals surface area (Å²) in [7, 11) is 0. The van der Waals surface area contributed by atoms with Crippen LogP contribution >= 0.6 is 0 Å². The number of amides is 3. The predicted octanol–water partition coefficient (Wildman–Crippen LogP) is 1.73. The summed E-state index contributed by atoms with van der Waals surface area (Å²) in [5, 5.41) is 0.763. The SMILES string of the molecule is CC(C)C(C)(C(N)=O)N1C(=O)c2cc3ccccc3nc2C1=O. The number of imide groups is 1. The van der Waals surface area contributed by atoms with Crippen molar-refractivity contribution in [2.24, 2.45) is 11.7 Å². The minimum Gasteiger partial charge on any atom is -0.368 e. The summed E-state index contributed by atoms with van der Waals surface area (Å²) in [5.74, 6) is -2.15. The minimum atomic E-state index is -1.40. The van der Waals surface area contributed by atoms with Gasteiger partial charge in [-0.3, -0.25) is 19.3 Å². The number of nitrogens with two attached hydrogens (primary N) is 1. The number of benzene rings is 1. The van der Waals surface area contributed by atoms with Crippen molar-refractivity contribution in [2.45, 2.75) is 26.3 Å². The zero-order valence-electron chi connectivity index (χ0n) is 13.2. The molecule has 1 aromatic heterocycles. The van der Waals surface area contributed by atoms with E-state index < -0.39 is 23.3 Å². The number of primary amides is 1. The smallest absolute Gasteiger partial charge is 0.281 e. The third-order valence-electron chi connectivity index (χ3n) is 4.65. The van der Waals surface area contributed by atoms with Crippen molar-refractivity contribution in [2.75, 3.05) is 0 Å². The largest absolute Gasteiger partial charge is 0.368 e. The minimum absolute atomic E-state index is 0.0711. The molecule has 2 heterocycles. The van der Waals surface area contributed by atoms with Gasteiger partial charge >= 0.3 is 0 Å². The fraction of sp³-hybridized carbons (Fsp3) is 0.294. The van der Waals surface area contributed by atoms with E-state index in [-0.39, 0.29) is 17.2 Å². The molecule has 3 rings (SSSR count). The number of carbonyl (C=O) groups is 3. The van der Waals surface area contributed by atoms with Crippen LogP contribution in [0.3, 0.4) is 0 Å². The Morgan fingerprint density at radius 1 is 1.22 bits per heavy atom. The van der Waals surface area contributed by atoms with Crippen LogP contribution in [0.5, 0.6) is 0 Å². The molecular formula is C17H17N3O3. The van der Waals surface area contributed by atoms with E-state index in [2.05, 4.69) is 4.98 Å². The summed E-state index contributed by atoms with van der Waals surface area (Å²) in [6, 6.07) is 8.86. The van der Waals surface area contributed by atoms with Gasteiger partial charge in [-0.25, -0.2) is 4.98 Å². The monoisotopic (exact) mass is 311 g/mol. The van der Waals surface area contributed by atoms with E-state index in [0.717, 1.165) is 10.3 Å². The van der Waals surface area contributed by atoms with Crippen LogP contribution in [0.15, 0.2) is 30.3 Å². The van der Waals surface area contributed by atoms with Crippen molar-refractivity contribution in [3.63, 3.8) is 0 Å². The van der Waals surface area contributed by atoms with E-state index in [9.17, 15) is 14.4 Å². The quantitative estimate of drug-likeness (QED) is 0.874. The van der Waals surface area contributed by atoms with E-state index in [0.29, 0.717) is 5.52 Å². The molecule has 0 aliphatic carbocycles. The van der Waals surface area contributed by atoms with Crippen LogP contribution in [-0.4, -0.2) is 33.1 Å². The second kappa shape index (κ2) is 4.87. The summed E-state index contributed by atoms with van der Waals surface area (Å²) in [4.78, 5) is 42.7. The maximum Gasteiger partial charge on any atom is 0.281 e. The van der Waals surface area contributed by atoms with Crippen LogP contribution in [0.25, 0.3) is 10.9 Å². The molecular weight excluding hydrogens is 294 g/mol. The van der Waals surface area contributed by atoms with Gasteiger partial charge in [0.05, 0.1) is 11.1 Å². The van der Waals surface area contributed by atoms with Gasteiger partial charge in [0.2, 0.25) is 5.91 Å². The highest BCUT2D eigenvalue weighted by molar-refractivity contribution is 6.23. The third-order valence-corrected chi connectivity index (χ3v) is 4.65. The van der Waals surface area contributed by atoms with Gasteiger partial charge in [-0.2, -0.15) is 0 Å². The molecule has 1 aromatic carbocycles. The Labute approximate surface area is 133 Å². The van der Waals surface area contributed by atoms with Crippen molar-refractivity contribution in [1.82, 2.24) is 9.88 Å². The highest BCUT2D eigenvalue weighted by Gasteiger charge is 2.52. The first kappa shape index (κ1) is 15.1. The van der Waals surface area contributed by atoms with E-state index >= 15 is 0 Å². The second-order valence-corrected chi connectivity index (χ2v) is 6.19. The molecule has 0 spiro atoms. The first-order chi connectivity index (χ1) is 10.8. The van der Waals surface area contributed by atoms with Gasteiger partial charge < -0.3 is 5.73 Å². The van der Waals surface area contributed by atoms with Crippen molar-refractivity contribution >= 4 is 28.6 Å². The number of nitrogens with zero attached hydrogens (tertiary/aromatic N) is 2. The molecule has 0 radical (unpaired) electrons. The Balaban J connectivity index is 2.21. The van der Waals surface area contributed by atoms with Crippen LogP contribution in [0.2, 0.25) is 0 Å². The molecule has 0 saturated heterocycles. The molecule has 1 aliphatic rings. The number of hydrogen-bond acceptors (Lipinski definition) is 4. The second-order valence-electron chi connectivity index (χ2n) is 6.19. The molecule has 118 valence electrons. The fourth-order valence-corrected chi connectivity index (χ4v) is 2.84. The molecule has 2 N–H and O–H groups in total. The first-order valence-electron chi connectivity index (χ1n) is 7.37. The number of pyridine rings is 1. The summed E-state index contributed by atoms with van der Waals surface area (Å²) < 4.78 is 0.